The Balaban J connectivity index is 4.40. The van der Waals surface area contributed by atoms with Crippen molar-refractivity contribution in [1.82, 2.24) is 5.32 Å². The highest BCUT2D eigenvalue weighted by Crippen LogP contribution is 2.12. The van der Waals surface area contributed by atoms with E-state index in [1.54, 1.807) is 6.92 Å². The molecule has 0 aliphatic rings. The Morgan fingerprint density at radius 2 is 1.75 bits per heavy atom. The van der Waals surface area contributed by atoms with Crippen LogP contribution >= 0.6 is 0 Å². The third-order valence-electron chi connectivity index (χ3n) is 2.84. The van der Waals surface area contributed by atoms with Gasteiger partial charge in [0.2, 0.25) is 11.8 Å². The molecule has 0 rings (SSSR count). The maximum Gasteiger partial charge on any atom is 0.306 e. The van der Waals surface area contributed by atoms with Crippen LogP contribution in [0.4, 0.5) is 0 Å². The van der Waals surface area contributed by atoms with Crippen LogP contribution in [0.25, 0.3) is 0 Å². The first-order valence-corrected chi connectivity index (χ1v) is 6.31. The molecule has 0 saturated carbocycles. The summed E-state index contributed by atoms with van der Waals surface area (Å²) < 4.78 is 0. The molecule has 0 heterocycles. The first kappa shape index (κ1) is 17.9. The fourth-order valence-corrected chi connectivity index (χ4v) is 1.64. The van der Waals surface area contributed by atoms with E-state index in [0.717, 1.165) is 0 Å². The molecule has 114 valence electrons. The van der Waals surface area contributed by atoms with Gasteiger partial charge < -0.3 is 21.3 Å². The fourth-order valence-electron chi connectivity index (χ4n) is 1.64. The largest absolute Gasteiger partial charge is 0.481 e. The molecule has 5 N–H and O–H groups in total. The van der Waals surface area contributed by atoms with Crippen molar-refractivity contribution < 1.29 is 29.4 Å². The number of hydrogen-bond acceptors (Lipinski definition) is 4. The molecule has 0 aromatic carbocycles. The van der Waals surface area contributed by atoms with Gasteiger partial charge in [-0.05, 0) is 19.3 Å². The van der Waals surface area contributed by atoms with Crippen molar-refractivity contribution in [3.8, 4) is 0 Å². The molecule has 8 heteroatoms. The van der Waals surface area contributed by atoms with Gasteiger partial charge in [-0.25, -0.2) is 0 Å². The van der Waals surface area contributed by atoms with E-state index in [1.165, 1.54) is 0 Å². The van der Waals surface area contributed by atoms with E-state index in [2.05, 4.69) is 5.32 Å². The molecule has 2 amide bonds. The van der Waals surface area contributed by atoms with Crippen molar-refractivity contribution >= 4 is 23.8 Å². The van der Waals surface area contributed by atoms with Crippen molar-refractivity contribution in [3.05, 3.63) is 0 Å². The van der Waals surface area contributed by atoms with Crippen LogP contribution in [0.1, 0.15) is 39.0 Å². The molecule has 20 heavy (non-hydrogen) atoms. The second-order valence-corrected chi connectivity index (χ2v) is 4.45. The predicted molar refractivity (Wildman–Crippen MR) is 68.6 cm³/mol. The van der Waals surface area contributed by atoms with E-state index in [4.69, 9.17) is 15.9 Å². The summed E-state index contributed by atoms with van der Waals surface area (Å²) in [4.78, 5) is 43.9. The standard InChI is InChI=1S/C12H20N2O6/c1-2-7(12(19)20)6-8(11(13)18)14-9(15)4-3-5-10(16)17/h7-8H,2-6H2,1H3,(H2,13,18)(H,14,15)(H,16,17)(H,19,20). The van der Waals surface area contributed by atoms with Gasteiger partial charge in [0.15, 0.2) is 0 Å². The quantitative estimate of drug-likeness (QED) is 0.434. The summed E-state index contributed by atoms with van der Waals surface area (Å²) in [5, 5.41) is 19.7. The van der Waals surface area contributed by atoms with Crippen molar-refractivity contribution in [3.63, 3.8) is 0 Å². The van der Waals surface area contributed by atoms with Crippen molar-refractivity contribution in [2.75, 3.05) is 0 Å². The molecule has 0 spiro atoms. The van der Waals surface area contributed by atoms with Crippen LogP contribution in [0.3, 0.4) is 0 Å². The Labute approximate surface area is 116 Å². The topological polar surface area (TPSA) is 147 Å². The molecule has 0 saturated heterocycles. The average molecular weight is 288 g/mol. The van der Waals surface area contributed by atoms with Crippen molar-refractivity contribution in [1.29, 1.82) is 0 Å². The number of nitrogens with two attached hydrogens (primary N) is 1. The third kappa shape index (κ3) is 7.34. The summed E-state index contributed by atoms with van der Waals surface area (Å²) in [5.41, 5.74) is 5.12. The van der Waals surface area contributed by atoms with Gasteiger partial charge in [0.05, 0.1) is 5.92 Å². The molecule has 0 aromatic rings. The van der Waals surface area contributed by atoms with E-state index < -0.39 is 35.7 Å². The Kier molecular flexibility index (Phi) is 7.95. The number of carboxylic acid groups (broad SMARTS) is 2. The SMILES string of the molecule is CCC(CC(NC(=O)CCCC(=O)O)C(N)=O)C(=O)O. The lowest BCUT2D eigenvalue weighted by Gasteiger charge is -2.18. The van der Waals surface area contributed by atoms with Gasteiger partial charge in [-0.1, -0.05) is 6.92 Å². The minimum Gasteiger partial charge on any atom is -0.481 e. The Hall–Kier alpha value is -2.12. The lowest BCUT2D eigenvalue weighted by Crippen LogP contribution is -2.46. The maximum absolute atomic E-state index is 11.5. The lowest BCUT2D eigenvalue weighted by atomic mass is 9.97. The molecule has 0 aliphatic carbocycles. The summed E-state index contributed by atoms with van der Waals surface area (Å²) in [6.07, 6.45) is 0.171. The van der Waals surface area contributed by atoms with E-state index in [9.17, 15) is 19.2 Å². The van der Waals surface area contributed by atoms with Gasteiger partial charge in [-0.2, -0.15) is 0 Å². The average Bonchev–Trinajstić information content (AvgIpc) is 2.32. The van der Waals surface area contributed by atoms with Crippen LogP contribution in [-0.4, -0.2) is 40.0 Å². The van der Waals surface area contributed by atoms with E-state index in [1.807, 2.05) is 0 Å². The number of aliphatic carboxylic acids is 2. The second kappa shape index (κ2) is 8.89. The molecule has 0 aliphatic heterocycles. The molecule has 8 nitrogen and oxygen atoms in total. The minimum absolute atomic E-state index is 0.0556. The predicted octanol–water partition coefficient (Wildman–Crippen LogP) is -0.288. The van der Waals surface area contributed by atoms with E-state index >= 15 is 0 Å². The van der Waals surface area contributed by atoms with Crippen LogP contribution in [0.5, 0.6) is 0 Å². The Bertz CT molecular complexity index is 382. The number of rotatable bonds is 10. The number of carbonyl (C=O) groups is 4. The number of hydrogen-bond donors (Lipinski definition) is 4. The molecule has 0 radical (unpaired) electrons. The highest BCUT2D eigenvalue weighted by atomic mass is 16.4. The normalized spacial score (nSPS) is 13.2. The van der Waals surface area contributed by atoms with E-state index in [-0.39, 0.29) is 25.7 Å². The van der Waals surface area contributed by atoms with Crippen LogP contribution in [0.2, 0.25) is 0 Å². The van der Waals surface area contributed by atoms with Crippen molar-refractivity contribution in [2.24, 2.45) is 11.7 Å². The Morgan fingerprint density at radius 1 is 1.15 bits per heavy atom. The first-order chi connectivity index (χ1) is 9.27. The van der Waals surface area contributed by atoms with Crippen LogP contribution < -0.4 is 11.1 Å². The maximum atomic E-state index is 11.5. The number of primary amides is 1. The third-order valence-corrected chi connectivity index (χ3v) is 2.84. The summed E-state index contributed by atoms with van der Waals surface area (Å²) in [6, 6.07) is -1.06. The van der Waals surface area contributed by atoms with Gasteiger partial charge in [-0.15, -0.1) is 0 Å². The molecular weight excluding hydrogens is 268 g/mol. The number of nitrogens with one attached hydrogen (secondary N) is 1. The first-order valence-electron chi connectivity index (χ1n) is 6.31. The molecule has 0 fully saturated rings. The highest BCUT2D eigenvalue weighted by molar-refractivity contribution is 5.87. The highest BCUT2D eigenvalue weighted by Gasteiger charge is 2.25. The number of amides is 2. The monoisotopic (exact) mass is 288 g/mol. The van der Waals surface area contributed by atoms with Crippen LogP contribution in [0, 0.1) is 5.92 Å². The van der Waals surface area contributed by atoms with Gasteiger partial charge in [0.1, 0.15) is 6.04 Å². The van der Waals surface area contributed by atoms with Gasteiger partial charge >= 0.3 is 11.9 Å². The number of carbonyl (C=O) groups excluding carboxylic acids is 2. The van der Waals surface area contributed by atoms with E-state index in [0.29, 0.717) is 6.42 Å². The summed E-state index contributed by atoms with van der Waals surface area (Å²) >= 11 is 0. The zero-order valence-electron chi connectivity index (χ0n) is 11.3. The minimum atomic E-state index is -1.06. The summed E-state index contributed by atoms with van der Waals surface area (Å²) in [7, 11) is 0. The molecule has 0 aromatic heterocycles. The van der Waals surface area contributed by atoms with Crippen molar-refractivity contribution in [2.45, 2.75) is 45.1 Å². The fraction of sp³-hybridized carbons (Fsp3) is 0.667. The zero-order valence-corrected chi connectivity index (χ0v) is 11.3. The van der Waals surface area contributed by atoms with Gasteiger partial charge in [0, 0.05) is 12.8 Å². The van der Waals surface area contributed by atoms with Crippen LogP contribution in [0.15, 0.2) is 0 Å². The Morgan fingerprint density at radius 3 is 2.15 bits per heavy atom. The molecule has 2 atom stereocenters. The zero-order chi connectivity index (χ0) is 15.7. The summed E-state index contributed by atoms with van der Waals surface area (Å²) in [5.74, 6) is -4.17. The smallest absolute Gasteiger partial charge is 0.306 e. The molecular formula is C12H20N2O6. The summed E-state index contributed by atoms with van der Waals surface area (Å²) in [6.45, 7) is 1.66. The van der Waals surface area contributed by atoms with Gasteiger partial charge in [-0.3, -0.25) is 19.2 Å². The van der Waals surface area contributed by atoms with Gasteiger partial charge in [0.25, 0.3) is 0 Å². The second-order valence-electron chi connectivity index (χ2n) is 4.45. The molecule has 2 unspecified atom stereocenters. The molecule has 0 bridgehead atoms. The van der Waals surface area contributed by atoms with Crippen LogP contribution in [-0.2, 0) is 19.2 Å². The lowest BCUT2D eigenvalue weighted by molar-refractivity contribution is -0.143. The number of carboxylic acids is 2.